The smallest absolute Gasteiger partial charge is 0.303 e. The van der Waals surface area contributed by atoms with E-state index in [-0.39, 0.29) is 24.0 Å². The summed E-state index contributed by atoms with van der Waals surface area (Å²) in [5.74, 6) is -0.278. The summed E-state index contributed by atoms with van der Waals surface area (Å²) in [4.78, 5) is 22.3. The zero-order valence-corrected chi connectivity index (χ0v) is 8.93. The molecule has 3 heteroatoms. The molecule has 0 radical (unpaired) electrons. The Morgan fingerprint density at radius 2 is 1.94 bits per heavy atom. The summed E-state index contributed by atoms with van der Waals surface area (Å²) < 4.78 is 0. The van der Waals surface area contributed by atoms with Crippen molar-refractivity contribution in [1.82, 2.24) is 0 Å². The predicted octanol–water partition coefficient (Wildman–Crippen LogP) is 2.37. The average molecular weight is 218 g/mol. The molecule has 0 aliphatic heterocycles. The van der Waals surface area contributed by atoms with E-state index < -0.39 is 5.97 Å². The molecule has 1 N–H and O–H groups in total. The maximum atomic E-state index is 11.9. The highest BCUT2D eigenvalue weighted by Gasteiger charge is 2.42. The van der Waals surface area contributed by atoms with Crippen molar-refractivity contribution < 1.29 is 14.7 Å². The van der Waals surface area contributed by atoms with E-state index in [1.54, 1.807) is 0 Å². The van der Waals surface area contributed by atoms with Gasteiger partial charge in [0.1, 0.15) is 0 Å². The molecule has 0 amide bonds. The van der Waals surface area contributed by atoms with Crippen molar-refractivity contribution in [2.75, 3.05) is 0 Å². The van der Waals surface area contributed by atoms with Crippen LogP contribution in [0.15, 0.2) is 30.3 Å². The van der Waals surface area contributed by atoms with Crippen LogP contribution in [0.5, 0.6) is 0 Å². The number of hydrogen-bond donors (Lipinski definition) is 1. The third-order valence-corrected chi connectivity index (χ3v) is 3.05. The third kappa shape index (κ3) is 2.48. The molecule has 2 atom stereocenters. The van der Waals surface area contributed by atoms with Gasteiger partial charge >= 0.3 is 5.97 Å². The Kier molecular flexibility index (Phi) is 3.04. The van der Waals surface area contributed by atoms with E-state index >= 15 is 0 Å². The minimum absolute atomic E-state index is 0.0572. The molecule has 2 unspecified atom stereocenters. The van der Waals surface area contributed by atoms with Gasteiger partial charge in [0.25, 0.3) is 0 Å². The van der Waals surface area contributed by atoms with Crippen molar-refractivity contribution in [2.24, 2.45) is 11.8 Å². The molecule has 0 aromatic heterocycles. The first kappa shape index (κ1) is 10.9. The van der Waals surface area contributed by atoms with Crippen molar-refractivity contribution in [3.63, 3.8) is 0 Å². The standard InChI is InChI=1S/C13H14O3/c14-12(15)7-6-10-8-11(10)13(16)9-4-2-1-3-5-9/h1-5,10-11H,6-8H2,(H,14,15). The molecule has 1 fully saturated rings. The molecule has 0 saturated heterocycles. The summed E-state index contributed by atoms with van der Waals surface area (Å²) in [6, 6.07) is 9.21. The summed E-state index contributed by atoms with van der Waals surface area (Å²) in [6.07, 6.45) is 1.64. The second-order valence-electron chi connectivity index (χ2n) is 4.26. The second kappa shape index (κ2) is 4.47. The van der Waals surface area contributed by atoms with Gasteiger partial charge in [-0.05, 0) is 18.8 Å². The van der Waals surface area contributed by atoms with Crippen LogP contribution in [-0.4, -0.2) is 16.9 Å². The van der Waals surface area contributed by atoms with Gasteiger partial charge in [-0.1, -0.05) is 30.3 Å². The van der Waals surface area contributed by atoms with Crippen molar-refractivity contribution in [1.29, 1.82) is 0 Å². The SMILES string of the molecule is O=C(O)CCC1CC1C(=O)c1ccccc1. The number of carbonyl (C=O) groups is 2. The lowest BCUT2D eigenvalue weighted by Crippen LogP contribution is -2.04. The van der Waals surface area contributed by atoms with Crippen LogP contribution < -0.4 is 0 Å². The molecule has 1 aliphatic carbocycles. The zero-order chi connectivity index (χ0) is 11.5. The number of ketones is 1. The van der Waals surface area contributed by atoms with E-state index in [4.69, 9.17) is 5.11 Å². The minimum Gasteiger partial charge on any atom is -0.481 e. The monoisotopic (exact) mass is 218 g/mol. The van der Waals surface area contributed by atoms with Gasteiger partial charge in [-0.15, -0.1) is 0 Å². The summed E-state index contributed by atoms with van der Waals surface area (Å²) in [6.45, 7) is 0. The first-order valence-corrected chi connectivity index (χ1v) is 5.49. The summed E-state index contributed by atoms with van der Waals surface area (Å²) in [7, 11) is 0. The molecule has 16 heavy (non-hydrogen) atoms. The van der Waals surface area contributed by atoms with Crippen LogP contribution in [0.4, 0.5) is 0 Å². The van der Waals surface area contributed by atoms with E-state index in [1.165, 1.54) is 0 Å². The van der Waals surface area contributed by atoms with Crippen molar-refractivity contribution >= 4 is 11.8 Å². The topological polar surface area (TPSA) is 54.4 Å². The van der Waals surface area contributed by atoms with E-state index in [2.05, 4.69) is 0 Å². The van der Waals surface area contributed by atoms with Crippen LogP contribution in [0.3, 0.4) is 0 Å². The molecular formula is C13H14O3. The van der Waals surface area contributed by atoms with Crippen LogP contribution in [0.2, 0.25) is 0 Å². The summed E-state index contributed by atoms with van der Waals surface area (Å²) >= 11 is 0. The van der Waals surface area contributed by atoms with Gasteiger partial charge in [-0.2, -0.15) is 0 Å². The minimum atomic E-state index is -0.780. The Balaban J connectivity index is 1.88. The second-order valence-corrected chi connectivity index (χ2v) is 4.26. The largest absolute Gasteiger partial charge is 0.481 e. The maximum absolute atomic E-state index is 11.9. The van der Waals surface area contributed by atoms with Crippen molar-refractivity contribution in [3.8, 4) is 0 Å². The number of carboxylic acids is 1. The van der Waals surface area contributed by atoms with Crippen LogP contribution in [-0.2, 0) is 4.79 Å². The molecule has 1 saturated carbocycles. The molecule has 84 valence electrons. The molecule has 0 spiro atoms. The average Bonchev–Trinajstić information content (AvgIpc) is 3.06. The normalized spacial score (nSPS) is 22.8. The molecule has 3 nitrogen and oxygen atoms in total. The fourth-order valence-corrected chi connectivity index (χ4v) is 2.01. The molecule has 1 aromatic rings. The number of benzene rings is 1. The van der Waals surface area contributed by atoms with Crippen LogP contribution in [0.1, 0.15) is 29.6 Å². The van der Waals surface area contributed by atoms with Gasteiger partial charge in [0, 0.05) is 17.9 Å². The number of rotatable bonds is 5. The number of hydrogen-bond acceptors (Lipinski definition) is 2. The highest BCUT2D eigenvalue weighted by molar-refractivity contribution is 5.99. The highest BCUT2D eigenvalue weighted by Crippen LogP contribution is 2.44. The lowest BCUT2D eigenvalue weighted by molar-refractivity contribution is -0.137. The van der Waals surface area contributed by atoms with E-state index in [0.717, 1.165) is 12.0 Å². The van der Waals surface area contributed by atoms with Crippen LogP contribution in [0, 0.1) is 11.8 Å². The quantitative estimate of drug-likeness (QED) is 0.772. The number of Topliss-reactive ketones (excluding diaryl/α,β-unsaturated/α-hetero) is 1. The fraction of sp³-hybridized carbons (Fsp3) is 0.385. The number of carbonyl (C=O) groups excluding carboxylic acids is 1. The molecule has 1 aliphatic rings. The van der Waals surface area contributed by atoms with Gasteiger partial charge in [-0.3, -0.25) is 9.59 Å². The first-order valence-electron chi connectivity index (χ1n) is 5.49. The molecule has 0 bridgehead atoms. The Labute approximate surface area is 94.1 Å². The Morgan fingerprint density at radius 3 is 2.56 bits per heavy atom. The molecule has 1 aromatic carbocycles. The summed E-state index contributed by atoms with van der Waals surface area (Å²) in [5.41, 5.74) is 0.741. The highest BCUT2D eigenvalue weighted by atomic mass is 16.4. The lowest BCUT2D eigenvalue weighted by atomic mass is 10.0. The van der Waals surface area contributed by atoms with Gasteiger partial charge in [0.15, 0.2) is 5.78 Å². The predicted molar refractivity (Wildman–Crippen MR) is 59.2 cm³/mol. The molecule has 0 heterocycles. The van der Waals surface area contributed by atoms with E-state index in [9.17, 15) is 9.59 Å². The van der Waals surface area contributed by atoms with E-state index in [1.807, 2.05) is 30.3 Å². The molecule has 2 rings (SSSR count). The van der Waals surface area contributed by atoms with Crippen molar-refractivity contribution in [3.05, 3.63) is 35.9 Å². The van der Waals surface area contributed by atoms with Gasteiger partial charge in [-0.25, -0.2) is 0 Å². The van der Waals surface area contributed by atoms with Gasteiger partial charge in [0.2, 0.25) is 0 Å². The number of aliphatic carboxylic acids is 1. The third-order valence-electron chi connectivity index (χ3n) is 3.05. The zero-order valence-electron chi connectivity index (χ0n) is 8.93. The van der Waals surface area contributed by atoms with Crippen LogP contribution in [0.25, 0.3) is 0 Å². The first-order chi connectivity index (χ1) is 7.68. The van der Waals surface area contributed by atoms with Gasteiger partial charge in [0.05, 0.1) is 0 Å². The fourth-order valence-electron chi connectivity index (χ4n) is 2.01. The Bertz CT molecular complexity index is 397. The van der Waals surface area contributed by atoms with Gasteiger partial charge < -0.3 is 5.11 Å². The maximum Gasteiger partial charge on any atom is 0.303 e. The summed E-state index contributed by atoms with van der Waals surface area (Å²) in [5, 5.41) is 8.55. The Morgan fingerprint density at radius 1 is 1.25 bits per heavy atom. The lowest BCUT2D eigenvalue weighted by Gasteiger charge is -1.99. The Hall–Kier alpha value is -1.64. The number of carboxylic acid groups (broad SMARTS) is 1. The van der Waals surface area contributed by atoms with E-state index in [0.29, 0.717) is 6.42 Å². The molecular weight excluding hydrogens is 204 g/mol. The van der Waals surface area contributed by atoms with Crippen molar-refractivity contribution in [2.45, 2.75) is 19.3 Å². The van der Waals surface area contributed by atoms with Crippen LogP contribution >= 0.6 is 0 Å².